The molecule has 0 bridgehead atoms. The number of thioether (sulfide) groups is 1. The fourth-order valence-electron chi connectivity index (χ4n) is 3.55. The number of carbonyl (C=O) groups excluding carboxylic acids is 1. The van der Waals surface area contributed by atoms with Gasteiger partial charge in [0.1, 0.15) is 12.1 Å². The van der Waals surface area contributed by atoms with Crippen LogP contribution in [0.1, 0.15) is 34.6 Å². The molecule has 0 aliphatic carbocycles. The number of carbonyl (C=O) groups is 1. The van der Waals surface area contributed by atoms with E-state index in [1.807, 2.05) is 0 Å². The van der Waals surface area contributed by atoms with Crippen molar-refractivity contribution in [3.63, 3.8) is 0 Å². The van der Waals surface area contributed by atoms with E-state index in [1.165, 1.54) is 19.5 Å². The summed E-state index contributed by atoms with van der Waals surface area (Å²) < 4.78 is 47.5. The molecule has 1 aliphatic heterocycles. The third kappa shape index (κ3) is 4.58. The minimum Gasteiger partial charge on any atom is -0.465 e. The average molecular weight is 452 g/mol. The van der Waals surface area contributed by atoms with Crippen molar-refractivity contribution in [1.82, 2.24) is 29.5 Å². The van der Waals surface area contributed by atoms with Crippen molar-refractivity contribution in [2.24, 2.45) is 0 Å². The number of fused-ring (bicyclic) bond motifs is 1. The van der Waals surface area contributed by atoms with Gasteiger partial charge in [0.05, 0.1) is 18.5 Å². The van der Waals surface area contributed by atoms with Gasteiger partial charge in [-0.3, -0.25) is 14.2 Å². The third-order valence-corrected chi connectivity index (χ3v) is 5.86. The number of esters is 1. The van der Waals surface area contributed by atoms with Gasteiger partial charge in [-0.05, 0) is 31.4 Å². The number of ether oxygens (including phenoxy) is 1. The van der Waals surface area contributed by atoms with E-state index in [0.717, 1.165) is 34.9 Å². The number of pyridine rings is 1. The molecule has 0 fully saturated rings. The van der Waals surface area contributed by atoms with Crippen LogP contribution in [0.3, 0.4) is 0 Å². The van der Waals surface area contributed by atoms with Gasteiger partial charge in [-0.15, -0.1) is 10.2 Å². The van der Waals surface area contributed by atoms with Gasteiger partial charge >= 0.3 is 12.1 Å². The summed E-state index contributed by atoms with van der Waals surface area (Å²) in [6.45, 7) is -0.538. The molecule has 31 heavy (non-hydrogen) atoms. The predicted molar refractivity (Wildman–Crippen MR) is 105 cm³/mol. The molecule has 0 saturated carbocycles. The van der Waals surface area contributed by atoms with E-state index in [1.54, 1.807) is 16.8 Å². The molecule has 164 valence electrons. The van der Waals surface area contributed by atoms with Crippen LogP contribution in [-0.2, 0) is 30.0 Å². The lowest BCUT2D eigenvalue weighted by Crippen LogP contribution is -2.19. The maximum absolute atomic E-state index is 13.3. The normalized spacial score (nSPS) is 13.8. The number of rotatable bonds is 6. The molecule has 12 heteroatoms. The Morgan fingerprint density at radius 2 is 2.00 bits per heavy atom. The Kier molecular flexibility index (Phi) is 5.99. The Morgan fingerprint density at radius 3 is 2.71 bits per heavy atom. The molecule has 8 nitrogen and oxygen atoms in total. The molecule has 0 amide bonds. The summed E-state index contributed by atoms with van der Waals surface area (Å²) in [5.41, 5.74) is 2.15. The van der Waals surface area contributed by atoms with Crippen molar-refractivity contribution >= 4 is 17.7 Å². The third-order valence-electron chi connectivity index (χ3n) is 4.88. The molecule has 0 unspecified atom stereocenters. The molecule has 0 radical (unpaired) electrons. The van der Waals surface area contributed by atoms with Gasteiger partial charge in [-0.2, -0.15) is 18.3 Å². The molecule has 0 aromatic carbocycles. The van der Waals surface area contributed by atoms with E-state index in [4.69, 9.17) is 4.74 Å². The lowest BCUT2D eigenvalue weighted by molar-refractivity contribution is -0.141. The summed E-state index contributed by atoms with van der Waals surface area (Å²) in [6.07, 6.45) is 1.11. The number of alkyl halides is 3. The summed E-state index contributed by atoms with van der Waals surface area (Å²) in [5, 5.41) is 12.5. The van der Waals surface area contributed by atoms with Crippen molar-refractivity contribution < 1.29 is 22.7 Å². The second-order valence-corrected chi connectivity index (χ2v) is 7.91. The van der Waals surface area contributed by atoms with Crippen molar-refractivity contribution in [1.29, 1.82) is 0 Å². The predicted octanol–water partition coefficient (Wildman–Crippen LogP) is 3.51. The average Bonchev–Trinajstić information content (AvgIpc) is 3.32. The highest BCUT2D eigenvalue weighted by atomic mass is 32.2. The van der Waals surface area contributed by atoms with Crippen molar-refractivity contribution in [2.45, 2.75) is 49.4 Å². The van der Waals surface area contributed by atoms with Crippen LogP contribution in [0.2, 0.25) is 0 Å². The molecule has 4 rings (SSSR count). The number of hydrogen-bond donors (Lipinski definition) is 0. The molecule has 1 aliphatic rings. The first-order chi connectivity index (χ1) is 14.9. The first-order valence-corrected chi connectivity index (χ1v) is 10.6. The first kappa shape index (κ1) is 21.3. The Labute approximate surface area is 179 Å². The Balaban J connectivity index is 1.66. The van der Waals surface area contributed by atoms with E-state index in [-0.39, 0.29) is 16.7 Å². The van der Waals surface area contributed by atoms with Crippen LogP contribution in [0, 0.1) is 0 Å². The molecule has 0 N–H and O–H groups in total. The topological polar surface area (TPSA) is 87.7 Å². The van der Waals surface area contributed by atoms with Crippen LogP contribution in [-0.4, -0.2) is 48.8 Å². The van der Waals surface area contributed by atoms with Crippen LogP contribution in [0.15, 0.2) is 29.7 Å². The highest BCUT2D eigenvalue weighted by Gasteiger charge is 2.32. The second kappa shape index (κ2) is 8.69. The lowest BCUT2D eigenvalue weighted by Gasteiger charge is -2.13. The van der Waals surface area contributed by atoms with Gasteiger partial charge in [0.2, 0.25) is 0 Å². The van der Waals surface area contributed by atoms with Gasteiger partial charge < -0.3 is 4.74 Å². The Morgan fingerprint density at radius 1 is 1.23 bits per heavy atom. The Bertz CT molecular complexity index is 1080. The fraction of sp³-hybridized carbons (Fsp3) is 0.421. The maximum atomic E-state index is 13.3. The number of aromatic nitrogens is 6. The summed E-state index contributed by atoms with van der Waals surface area (Å²) >= 11 is 1.05. The van der Waals surface area contributed by atoms with E-state index >= 15 is 0 Å². The molecule has 0 saturated heterocycles. The minimum atomic E-state index is -4.45. The molecule has 3 aromatic heterocycles. The monoisotopic (exact) mass is 452 g/mol. The van der Waals surface area contributed by atoms with Crippen LogP contribution in [0.25, 0.3) is 11.4 Å². The van der Waals surface area contributed by atoms with Crippen molar-refractivity contribution in [3.05, 3.63) is 41.5 Å². The number of hydrogen-bond acceptors (Lipinski definition) is 7. The summed E-state index contributed by atoms with van der Waals surface area (Å²) in [5.74, 6) is -0.232. The van der Waals surface area contributed by atoms with Crippen LogP contribution >= 0.6 is 11.8 Å². The number of aryl methyl sites for hydroxylation is 1. The molecular formula is C19H19F3N6O2S. The lowest BCUT2D eigenvalue weighted by atomic mass is 10.1. The summed E-state index contributed by atoms with van der Waals surface area (Å²) in [7, 11) is 1.30. The zero-order valence-electron chi connectivity index (χ0n) is 16.6. The SMILES string of the molecule is COC(=O)c1c(CSc2nnc(-c3ccncc3)n2CC(F)(F)F)nn2c1CCCC2. The highest BCUT2D eigenvalue weighted by molar-refractivity contribution is 7.98. The van der Waals surface area contributed by atoms with E-state index in [2.05, 4.69) is 20.3 Å². The summed E-state index contributed by atoms with van der Waals surface area (Å²) in [4.78, 5) is 16.2. The number of methoxy groups -OCH3 is 1. The molecule has 3 aromatic rings. The van der Waals surface area contributed by atoms with Crippen LogP contribution < -0.4 is 0 Å². The van der Waals surface area contributed by atoms with E-state index in [9.17, 15) is 18.0 Å². The summed E-state index contributed by atoms with van der Waals surface area (Å²) in [6, 6.07) is 3.15. The van der Waals surface area contributed by atoms with Gasteiger partial charge in [-0.25, -0.2) is 4.79 Å². The smallest absolute Gasteiger partial charge is 0.406 e. The molecule has 0 atom stereocenters. The first-order valence-electron chi connectivity index (χ1n) is 9.57. The highest BCUT2D eigenvalue weighted by Crippen LogP contribution is 2.31. The largest absolute Gasteiger partial charge is 0.465 e. The van der Waals surface area contributed by atoms with Crippen molar-refractivity contribution in [2.75, 3.05) is 7.11 Å². The van der Waals surface area contributed by atoms with Crippen LogP contribution in [0.5, 0.6) is 0 Å². The van der Waals surface area contributed by atoms with Gasteiger partial charge in [0, 0.05) is 30.3 Å². The quantitative estimate of drug-likeness (QED) is 0.418. The van der Waals surface area contributed by atoms with E-state index in [0.29, 0.717) is 29.8 Å². The molecule has 4 heterocycles. The molecular weight excluding hydrogens is 433 g/mol. The van der Waals surface area contributed by atoms with Gasteiger partial charge in [0.15, 0.2) is 11.0 Å². The van der Waals surface area contributed by atoms with Crippen LogP contribution in [0.4, 0.5) is 13.2 Å². The minimum absolute atomic E-state index is 0.0888. The maximum Gasteiger partial charge on any atom is 0.406 e. The van der Waals surface area contributed by atoms with Gasteiger partial charge in [0.25, 0.3) is 0 Å². The molecule has 0 spiro atoms. The standard InChI is InChI=1S/C19H19F3N6O2S/c1-30-17(29)15-13(26-28-9-3-2-4-14(15)28)10-31-18-25-24-16(12-5-7-23-8-6-12)27(18)11-19(20,21)22/h5-8H,2-4,9-11H2,1H3. The Hall–Kier alpha value is -2.89. The van der Waals surface area contributed by atoms with Crippen molar-refractivity contribution in [3.8, 4) is 11.4 Å². The van der Waals surface area contributed by atoms with E-state index < -0.39 is 18.7 Å². The zero-order chi connectivity index (χ0) is 22.0. The zero-order valence-corrected chi connectivity index (χ0v) is 17.4. The fourth-order valence-corrected chi connectivity index (χ4v) is 4.42. The number of nitrogens with zero attached hydrogens (tertiary/aromatic N) is 6. The number of halogens is 3. The second-order valence-electron chi connectivity index (χ2n) is 6.97. The van der Waals surface area contributed by atoms with Gasteiger partial charge in [-0.1, -0.05) is 11.8 Å².